The molecule has 0 aromatic rings. The molecule has 3 nitrogen and oxygen atoms in total. The summed E-state index contributed by atoms with van der Waals surface area (Å²) in [4.78, 5) is 2.57. The Morgan fingerprint density at radius 3 is 2.30 bits per heavy atom. The van der Waals surface area contributed by atoms with Crippen LogP contribution in [0.25, 0.3) is 0 Å². The number of rotatable bonds is 3. The van der Waals surface area contributed by atoms with Gasteiger partial charge in [-0.25, -0.2) is 0 Å². The molecule has 1 aliphatic carbocycles. The Morgan fingerprint density at radius 1 is 1.00 bits per heavy atom. The first kappa shape index (κ1) is 16.3. The standard InChI is InChI=1S/C17H34N2O/c1-17(2,3)18-13-14-9-11-19(12-10-14)15-7-5-4-6-8-16(15)20/h14-16,18,20H,4-13H2,1-3H3. The van der Waals surface area contributed by atoms with E-state index in [9.17, 15) is 5.11 Å². The first-order valence-electron chi connectivity index (χ1n) is 8.63. The fourth-order valence-electron chi connectivity index (χ4n) is 3.63. The van der Waals surface area contributed by atoms with Crippen molar-refractivity contribution in [3.05, 3.63) is 0 Å². The third-order valence-corrected chi connectivity index (χ3v) is 4.98. The second-order valence-corrected chi connectivity index (χ2v) is 7.88. The van der Waals surface area contributed by atoms with Crippen LogP contribution in [0, 0.1) is 5.92 Å². The molecule has 0 amide bonds. The summed E-state index contributed by atoms with van der Waals surface area (Å²) in [6, 6.07) is 0.439. The van der Waals surface area contributed by atoms with Crippen LogP contribution in [0.3, 0.4) is 0 Å². The first-order chi connectivity index (χ1) is 9.46. The van der Waals surface area contributed by atoms with Gasteiger partial charge in [-0.1, -0.05) is 19.3 Å². The molecule has 2 atom stereocenters. The molecule has 2 unspecified atom stereocenters. The highest BCUT2D eigenvalue weighted by molar-refractivity contribution is 4.86. The second kappa shape index (κ2) is 7.24. The number of likely N-dealkylation sites (tertiary alicyclic amines) is 1. The number of piperidine rings is 1. The normalized spacial score (nSPS) is 31.2. The zero-order chi connectivity index (χ0) is 14.6. The molecule has 2 fully saturated rings. The van der Waals surface area contributed by atoms with Gasteiger partial charge in [0, 0.05) is 11.6 Å². The maximum Gasteiger partial charge on any atom is 0.0695 e. The molecule has 118 valence electrons. The van der Waals surface area contributed by atoms with Gasteiger partial charge in [-0.3, -0.25) is 4.90 Å². The van der Waals surface area contributed by atoms with E-state index in [1.807, 2.05) is 0 Å². The smallest absolute Gasteiger partial charge is 0.0695 e. The fourth-order valence-corrected chi connectivity index (χ4v) is 3.63. The SMILES string of the molecule is CC(C)(C)NCC1CCN(C2CCCCCC2O)CC1. The average molecular weight is 282 g/mol. The van der Waals surface area contributed by atoms with Crippen molar-refractivity contribution in [3.8, 4) is 0 Å². The minimum atomic E-state index is -0.0817. The topological polar surface area (TPSA) is 35.5 Å². The molecule has 2 rings (SSSR count). The Balaban J connectivity index is 1.75. The fraction of sp³-hybridized carbons (Fsp3) is 1.00. The predicted molar refractivity (Wildman–Crippen MR) is 84.9 cm³/mol. The van der Waals surface area contributed by atoms with E-state index in [-0.39, 0.29) is 11.6 Å². The highest BCUT2D eigenvalue weighted by atomic mass is 16.3. The molecule has 0 aromatic carbocycles. The van der Waals surface area contributed by atoms with Crippen LogP contribution in [0.1, 0.15) is 65.7 Å². The molecule has 2 aliphatic rings. The van der Waals surface area contributed by atoms with Gasteiger partial charge in [0.25, 0.3) is 0 Å². The van der Waals surface area contributed by atoms with E-state index in [4.69, 9.17) is 0 Å². The molecule has 0 aromatic heterocycles. The minimum absolute atomic E-state index is 0.0817. The van der Waals surface area contributed by atoms with Crippen LogP contribution in [-0.4, -0.2) is 47.3 Å². The van der Waals surface area contributed by atoms with Crippen molar-refractivity contribution in [3.63, 3.8) is 0 Å². The Hall–Kier alpha value is -0.120. The predicted octanol–water partition coefficient (Wildman–Crippen LogP) is 2.78. The van der Waals surface area contributed by atoms with Crippen LogP contribution >= 0.6 is 0 Å². The largest absolute Gasteiger partial charge is 0.391 e. The Morgan fingerprint density at radius 2 is 1.65 bits per heavy atom. The lowest BCUT2D eigenvalue weighted by Crippen LogP contribution is -2.49. The maximum absolute atomic E-state index is 10.3. The Bertz CT molecular complexity index is 279. The molecule has 1 heterocycles. The van der Waals surface area contributed by atoms with E-state index in [1.54, 1.807) is 0 Å². The molecule has 3 heteroatoms. The van der Waals surface area contributed by atoms with Gasteiger partial charge in [0.15, 0.2) is 0 Å². The van der Waals surface area contributed by atoms with Crippen LogP contribution in [-0.2, 0) is 0 Å². The molecule has 2 N–H and O–H groups in total. The molecule has 0 radical (unpaired) electrons. The van der Waals surface area contributed by atoms with Crippen LogP contribution in [0.5, 0.6) is 0 Å². The summed E-state index contributed by atoms with van der Waals surface area (Å²) in [6.45, 7) is 10.2. The number of nitrogens with one attached hydrogen (secondary N) is 1. The first-order valence-corrected chi connectivity index (χ1v) is 8.63. The molecular weight excluding hydrogens is 248 g/mol. The van der Waals surface area contributed by atoms with Crippen LogP contribution in [0.4, 0.5) is 0 Å². The Kier molecular flexibility index (Phi) is 5.88. The van der Waals surface area contributed by atoms with E-state index < -0.39 is 0 Å². The lowest BCUT2D eigenvalue weighted by molar-refractivity contribution is 0.0247. The summed E-state index contributed by atoms with van der Waals surface area (Å²) < 4.78 is 0. The van der Waals surface area contributed by atoms with Gasteiger partial charge < -0.3 is 10.4 Å². The summed E-state index contributed by atoms with van der Waals surface area (Å²) in [5.74, 6) is 0.813. The number of nitrogens with zero attached hydrogens (tertiary/aromatic N) is 1. The summed E-state index contributed by atoms with van der Waals surface area (Å²) in [7, 11) is 0. The molecule has 1 saturated heterocycles. The number of aliphatic hydroxyl groups excluding tert-OH is 1. The van der Waals surface area contributed by atoms with Crippen molar-refractivity contribution >= 4 is 0 Å². The summed E-state index contributed by atoms with van der Waals surface area (Å²) in [6.07, 6.45) is 8.51. The van der Waals surface area contributed by atoms with Gasteiger partial charge in [-0.2, -0.15) is 0 Å². The second-order valence-electron chi connectivity index (χ2n) is 7.88. The minimum Gasteiger partial charge on any atom is -0.391 e. The van der Waals surface area contributed by atoms with Crippen molar-refractivity contribution in [2.45, 2.75) is 83.4 Å². The van der Waals surface area contributed by atoms with Crippen LogP contribution in [0.15, 0.2) is 0 Å². The highest BCUT2D eigenvalue weighted by Gasteiger charge is 2.30. The van der Waals surface area contributed by atoms with Crippen molar-refractivity contribution in [1.82, 2.24) is 10.2 Å². The van der Waals surface area contributed by atoms with Gasteiger partial charge >= 0.3 is 0 Å². The summed E-state index contributed by atoms with van der Waals surface area (Å²) in [5.41, 5.74) is 0.231. The average Bonchev–Trinajstić information content (AvgIpc) is 2.61. The van der Waals surface area contributed by atoms with E-state index >= 15 is 0 Å². The van der Waals surface area contributed by atoms with Gasteiger partial charge in [0.2, 0.25) is 0 Å². The van der Waals surface area contributed by atoms with Crippen LogP contribution < -0.4 is 5.32 Å². The van der Waals surface area contributed by atoms with E-state index in [2.05, 4.69) is 31.0 Å². The van der Waals surface area contributed by atoms with Gasteiger partial charge in [-0.05, 0) is 72.0 Å². The summed E-state index contributed by atoms with van der Waals surface area (Å²) >= 11 is 0. The van der Waals surface area contributed by atoms with Gasteiger partial charge in [-0.15, -0.1) is 0 Å². The lowest BCUT2D eigenvalue weighted by Gasteiger charge is -2.39. The highest BCUT2D eigenvalue weighted by Crippen LogP contribution is 2.26. The van der Waals surface area contributed by atoms with E-state index in [0.29, 0.717) is 6.04 Å². The van der Waals surface area contributed by atoms with Crippen LogP contribution in [0.2, 0.25) is 0 Å². The molecule has 20 heavy (non-hydrogen) atoms. The molecule has 1 aliphatic heterocycles. The molecule has 1 saturated carbocycles. The monoisotopic (exact) mass is 282 g/mol. The number of aliphatic hydroxyl groups is 1. The lowest BCUT2D eigenvalue weighted by atomic mass is 9.92. The Labute approximate surface area is 125 Å². The van der Waals surface area contributed by atoms with Gasteiger partial charge in [0.1, 0.15) is 0 Å². The van der Waals surface area contributed by atoms with Crippen molar-refractivity contribution < 1.29 is 5.11 Å². The third-order valence-electron chi connectivity index (χ3n) is 4.98. The summed E-state index contributed by atoms with van der Waals surface area (Å²) in [5, 5.41) is 14.0. The quantitative estimate of drug-likeness (QED) is 0.781. The molecule has 0 spiro atoms. The van der Waals surface area contributed by atoms with E-state index in [0.717, 1.165) is 18.9 Å². The zero-order valence-corrected chi connectivity index (χ0v) is 13.7. The zero-order valence-electron chi connectivity index (χ0n) is 13.7. The van der Waals surface area contributed by atoms with Crippen molar-refractivity contribution in [1.29, 1.82) is 0 Å². The van der Waals surface area contributed by atoms with Crippen molar-refractivity contribution in [2.75, 3.05) is 19.6 Å². The van der Waals surface area contributed by atoms with Gasteiger partial charge in [0.05, 0.1) is 6.10 Å². The third kappa shape index (κ3) is 5.01. The van der Waals surface area contributed by atoms with Crippen molar-refractivity contribution in [2.24, 2.45) is 5.92 Å². The number of hydrogen-bond donors (Lipinski definition) is 2. The van der Waals surface area contributed by atoms with E-state index in [1.165, 1.54) is 51.6 Å². The number of hydrogen-bond acceptors (Lipinski definition) is 3. The molecule has 0 bridgehead atoms. The maximum atomic E-state index is 10.3. The molecular formula is C17H34N2O.